The summed E-state index contributed by atoms with van der Waals surface area (Å²) in [6, 6.07) is 4.47. The normalized spacial score (nSPS) is 12.9. The average molecular weight is 412 g/mol. The standard InChI is InChI=1S/C17H24N4O6S/c1-10(2)8-12(17(25)18-9-15(22)23)19-16(24)11(3)20-28-14-7-5-4-6-13(14)21(26)27/h4-7,10-12,20H,8-9H2,1-3H3,(H,18,25)(H,19,24)(H,22,23)/t11-,12-/m0/s1. The lowest BCUT2D eigenvalue weighted by atomic mass is 10.0. The van der Waals surface area contributed by atoms with E-state index in [2.05, 4.69) is 15.4 Å². The number of carboxylic acids is 1. The van der Waals surface area contributed by atoms with Gasteiger partial charge in [0.1, 0.15) is 17.5 Å². The number of carbonyl (C=O) groups is 3. The van der Waals surface area contributed by atoms with Gasteiger partial charge in [-0.15, -0.1) is 0 Å². The van der Waals surface area contributed by atoms with Gasteiger partial charge in [-0.05, 0) is 37.3 Å². The number of nitrogens with zero attached hydrogens (tertiary/aromatic N) is 1. The molecule has 0 aromatic heterocycles. The lowest BCUT2D eigenvalue weighted by Crippen LogP contribution is -2.52. The maximum Gasteiger partial charge on any atom is 0.322 e. The second-order valence-electron chi connectivity index (χ2n) is 6.47. The first-order valence-electron chi connectivity index (χ1n) is 8.57. The van der Waals surface area contributed by atoms with Gasteiger partial charge in [-0.1, -0.05) is 26.0 Å². The number of carbonyl (C=O) groups excluding carboxylic acids is 2. The van der Waals surface area contributed by atoms with Crippen LogP contribution in [0.1, 0.15) is 27.2 Å². The molecule has 4 N–H and O–H groups in total. The van der Waals surface area contributed by atoms with E-state index in [0.717, 1.165) is 11.9 Å². The molecule has 1 rings (SSSR count). The van der Waals surface area contributed by atoms with Crippen LogP contribution in [0.25, 0.3) is 0 Å². The number of carboxylic acid groups (broad SMARTS) is 1. The van der Waals surface area contributed by atoms with E-state index in [1.807, 2.05) is 13.8 Å². The number of para-hydroxylation sites is 1. The highest BCUT2D eigenvalue weighted by Crippen LogP contribution is 2.26. The SMILES string of the molecule is CC(C)C[C@H](NC(=O)[C@H](C)NSc1ccccc1[N+](=O)[O-])C(=O)NCC(=O)O. The van der Waals surface area contributed by atoms with E-state index >= 15 is 0 Å². The maximum atomic E-state index is 12.4. The van der Waals surface area contributed by atoms with Crippen molar-refractivity contribution < 1.29 is 24.4 Å². The Labute approximate surface area is 166 Å². The minimum absolute atomic E-state index is 0.0849. The summed E-state index contributed by atoms with van der Waals surface area (Å²) in [5, 5.41) is 24.6. The number of benzene rings is 1. The van der Waals surface area contributed by atoms with E-state index in [0.29, 0.717) is 11.3 Å². The van der Waals surface area contributed by atoms with Gasteiger partial charge in [-0.3, -0.25) is 24.5 Å². The zero-order valence-corrected chi connectivity index (χ0v) is 16.6. The molecule has 2 amide bonds. The van der Waals surface area contributed by atoms with Crippen molar-refractivity contribution in [2.45, 2.75) is 44.2 Å². The molecule has 1 aromatic rings. The first kappa shape index (κ1) is 23.4. The van der Waals surface area contributed by atoms with Gasteiger partial charge < -0.3 is 15.7 Å². The number of nitro groups is 1. The third-order valence-electron chi connectivity index (χ3n) is 3.55. The van der Waals surface area contributed by atoms with Crippen LogP contribution in [0.3, 0.4) is 0 Å². The van der Waals surface area contributed by atoms with Crippen molar-refractivity contribution in [3.63, 3.8) is 0 Å². The van der Waals surface area contributed by atoms with Gasteiger partial charge in [0.25, 0.3) is 5.69 Å². The van der Waals surface area contributed by atoms with Gasteiger partial charge in [0.15, 0.2) is 0 Å². The number of hydrogen-bond acceptors (Lipinski definition) is 7. The van der Waals surface area contributed by atoms with E-state index in [4.69, 9.17) is 5.11 Å². The molecule has 0 saturated carbocycles. The average Bonchev–Trinajstić information content (AvgIpc) is 2.63. The van der Waals surface area contributed by atoms with Gasteiger partial charge in [0.05, 0.1) is 11.0 Å². The molecule has 0 aliphatic carbocycles. The van der Waals surface area contributed by atoms with Crippen molar-refractivity contribution >= 4 is 35.4 Å². The van der Waals surface area contributed by atoms with Crippen molar-refractivity contribution in [2.75, 3.05) is 6.54 Å². The number of nitrogens with one attached hydrogen (secondary N) is 3. The van der Waals surface area contributed by atoms with Crippen LogP contribution in [0.2, 0.25) is 0 Å². The Hall–Kier alpha value is -2.66. The molecule has 0 fully saturated rings. The van der Waals surface area contributed by atoms with Gasteiger partial charge in [-0.25, -0.2) is 4.72 Å². The van der Waals surface area contributed by atoms with Gasteiger partial charge in [-0.2, -0.15) is 0 Å². The van der Waals surface area contributed by atoms with Crippen LogP contribution < -0.4 is 15.4 Å². The van der Waals surface area contributed by atoms with E-state index in [-0.39, 0.29) is 11.6 Å². The quantitative estimate of drug-likeness (QED) is 0.241. The monoisotopic (exact) mass is 412 g/mol. The Balaban J connectivity index is 2.70. The number of amides is 2. The van der Waals surface area contributed by atoms with E-state index in [1.165, 1.54) is 6.07 Å². The van der Waals surface area contributed by atoms with Crippen LogP contribution in [0, 0.1) is 16.0 Å². The van der Waals surface area contributed by atoms with E-state index < -0.39 is 41.3 Å². The van der Waals surface area contributed by atoms with E-state index in [1.54, 1.807) is 25.1 Å². The van der Waals surface area contributed by atoms with Crippen LogP contribution in [-0.2, 0) is 14.4 Å². The summed E-state index contributed by atoms with van der Waals surface area (Å²) in [7, 11) is 0. The number of hydrogen-bond donors (Lipinski definition) is 4. The molecule has 1 aromatic carbocycles. The number of aliphatic carboxylic acids is 1. The second-order valence-corrected chi connectivity index (χ2v) is 7.35. The summed E-state index contributed by atoms with van der Waals surface area (Å²) >= 11 is 0.945. The zero-order chi connectivity index (χ0) is 21.3. The molecule has 0 bridgehead atoms. The molecule has 2 atom stereocenters. The van der Waals surface area contributed by atoms with Gasteiger partial charge in [0, 0.05) is 6.07 Å². The molecular weight excluding hydrogens is 388 g/mol. The molecule has 0 saturated heterocycles. The Morgan fingerprint density at radius 1 is 1.18 bits per heavy atom. The largest absolute Gasteiger partial charge is 0.480 e. The number of rotatable bonds is 11. The Kier molecular flexibility index (Phi) is 9.39. The van der Waals surface area contributed by atoms with Gasteiger partial charge in [0.2, 0.25) is 11.8 Å². The lowest BCUT2D eigenvalue weighted by molar-refractivity contribution is -0.387. The summed E-state index contributed by atoms with van der Waals surface area (Å²) < 4.78 is 2.82. The molecule has 10 nitrogen and oxygen atoms in total. The third-order valence-corrected chi connectivity index (χ3v) is 4.59. The van der Waals surface area contributed by atoms with Crippen LogP contribution in [0.4, 0.5) is 5.69 Å². The van der Waals surface area contributed by atoms with Crippen LogP contribution in [0.5, 0.6) is 0 Å². The van der Waals surface area contributed by atoms with E-state index in [9.17, 15) is 24.5 Å². The predicted octanol–water partition coefficient (Wildman–Crippen LogP) is 1.31. The van der Waals surface area contributed by atoms with Crippen molar-refractivity contribution in [2.24, 2.45) is 5.92 Å². The number of nitro benzene ring substituents is 1. The van der Waals surface area contributed by atoms with Crippen molar-refractivity contribution in [1.29, 1.82) is 0 Å². The molecule has 0 aliphatic rings. The fraction of sp³-hybridized carbons (Fsp3) is 0.471. The Morgan fingerprint density at radius 3 is 2.39 bits per heavy atom. The molecule has 0 heterocycles. The van der Waals surface area contributed by atoms with Crippen molar-refractivity contribution in [3.8, 4) is 0 Å². The Bertz CT molecular complexity index is 727. The van der Waals surface area contributed by atoms with Crippen LogP contribution in [-0.4, -0.2) is 46.4 Å². The first-order valence-corrected chi connectivity index (χ1v) is 9.39. The highest BCUT2D eigenvalue weighted by atomic mass is 32.2. The lowest BCUT2D eigenvalue weighted by Gasteiger charge is -2.22. The molecule has 0 aliphatic heterocycles. The van der Waals surface area contributed by atoms with Crippen molar-refractivity contribution in [1.82, 2.24) is 15.4 Å². The minimum atomic E-state index is -1.18. The summed E-state index contributed by atoms with van der Waals surface area (Å²) in [6.45, 7) is 4.76. The smallest absolute Gasteiger partial charge is 0.322 e. The Morgan fingerprint density at radius 2 is 1.82 bits per heavy atom. The van der Waals surface area contributed by atoms with Crippen LogP contribution in [0.15, 0.2) is 29.2 Å². The third kappa shape index (κ3) is 7.92. The molecule has 0 spiro atoms. The topological polar surface area (TPSA) is 151 Å². The summed E-state index contributed by atoms with van der Waals surface area (Å²) in [5.41, 5.74) is -0.0849. The van der Waals surface area contributed by atoms with Crippen LogP contribution >= 0.6 is 11.9 Å². The predicted molar refractivity (Wildman–Crippen MR) is 104 cm³/mol. The summed E-state index contributed by atoms with van der Waals surface area (Å²) in [5.74, 6) is -2.16. The summed E-state index contributed by atoms with van der Waals surface area (Å²) in [4.78, 5) is 46.0. The molecule has 154 valence electrons. The maximum absolute atomic E-state index is 12.4. The molecule has 11 heteroatoms. The summed E-state index contributed by atoms with van der Waals surface area (Å²) in [6.07, 6.45) is 0.335. The molecular formula is C17H24N4O6S. The fourth-order valence-electron chi connectivity index (χ4n) is 2.19. The molecule has 0 unspecified atom stereocenters. The second kappa shape index (κ2) is 11.2. The van der Waals surface area contributed by atoms with Crippen molar-refractivity contribution in [3.05, 3.63) is 34.4 Å². The minimum Gasteiger partial charge on any atom is -0.480 e. The molecule has 0 radical (unpaired) electrons. The first-order chi connectivity index (χ1) is 13.1. The zero-order valence-electron chi connectivity index (χ0n) is 15.8. The fourth-order valence-corrected chi connectivity index (χ4v) is 2.99. The van der Waals surface area contributed by atoms with Gasteiger partial charge >= 0.3 is 5.97 Å². The highest BCUT2D eigenvalue weighted by Gasteiger charge is 2.25. The highest BCUT2D eigenvalue weighted by molar-refractivity contribution is 7.97. The molecule has 28 heavy (non-hydrogen) atoms.